The molecule has 104 valence electrons. The van der Waals surface area contributed by atoms with Gasteiger partial charge in [-0.05, 0) is 44.2 Å². The Labute approximate surface area is 125 Å². The normalized spacial score (nSPS) is 10.4. The summed E-state index contributed by atoms with van der Waals surface area (Å²) in [6, 6.07) is 10.9. The van der Waals surface area contributed by atoms with E-state index >= 15 is 0 Å². The fourth-order valence-electron chi connectivity index (χ4n) is 1.59. The van der Waals surface area contributed by atoms with Gasteiger partial charge in [0.05, 0.1) is 0 Å². The van der Waals surface area contributed by atoms with E-state index in [0.717, 1.165) is 4.47 Å². The number of carbonyl (C=O) groups is 1. The summed E-state index contributed by atoms with van der Waals surface area (Å²) in [5, 5.41) is 13.8. The highest BCUT2D eigenvalue weighted by molar-refractivity contribution is 9.10. The largest absolute Gasteiger partial charge is 0.366 e. The Kier molecular flexibility index (Phi) is 4.68. The fourth-order valence-corrected chi connectivity index (χ4v) is 1.99. The summed E-state index contributed by atoms with van der Waals surface area (Å²) in [6.45, 7) is 4.04. The van der Waals surface area contributed by atoms with E-state index in [2.05, 4.69) is 36.8 Å². The monoisotopic (exact) mass is 334 g/mol. The lowest BCUT2D eigenvalue weighted by molar-refractivity contribution is 0.102. The molecule has 0 aliphatic heterocycles. The summed E-state index contributed by atoms with van der Waals surface area (Å²) in [7, 11) is 0. The summed E-state index contributed by atoms with van der Waals surface area (Å²) in [5.74, 6) is 0.884. The van der Waals surface area contributed by atoms with Crippen LogP contribution in [0.3, 0.4) is 0 Å². The Morgan fingerprint density at radius 2 is 1.85 bits per heavy atom. The molecule has 0 spiro atoms. The van der Waals surface area contributed by atoms with Gasteiger partial charge in [-0.3, -0.25) is 4.79 Å². The van der Waals surface area contributed by atoms with E-state index in [1.165, 1.54) is 0 Å². The SMILES string of the molecule is CC(C)Nc1ccc(NC(=O)c2cccc(Br)c2)nn1. The van der Waals surface area contributed by atoms with Crippen LogP contribution < -0.4 is 10.6 Å². The number of hydrogen-bond acceptors (Lipinski definition) is 4. The van der Waals surface area contributed by atoms with E-state index in [-0.39, 0.29) is 11.9 Å². The zero-order valence-electron chi connectivity index (χ0n) is 11.2. The zero-order valence-corrected chi connectivity index (χ0v) is 12.8. The molecule has 6 heteroatoms. The van der Waals surface area contributed by atoms with Crippen molar-refractivity contribution in [1.82, 2.24) is 10.2 Å². The van der Waals surface area contributed by atoms with Crippen LogP contribution in [0.25, 0.3) is 0 Å². The first-order valence-electron chi connectivity index (χ1n) is 6.22. The predicted molar refractivity (Wildman–Crippen MR) is 82.9 cm³/mol. The van der Waals surface area contributed by atoms with E-state index in [0.29, 0.717) is 17.2 Å². The Morgan fingerprint density at radius 3 is 2.45 bits per heavy atom. The van der Waals surface area contributed by atoms with Gasteiger partial charge in [0.2, 0.25) is 0 Å². The van der Waals surface area contributed by atoms with Crippen LogP contribution in [0.1, 0.15) is 24.2 Å². The van der Waals surface area contributed by atoms with Gasteiger partial charge in [0.1, 0.15) is 5.82 Å². The van der Waals surface area contributed by atoms with Gasteiger partial charge < -0.3 is 10.6 Å². The standard InChI is InChI=1S/C14H15BrN4O/c1-9(2)16-12-6-7-13(19-18-12)17-14(20)10-4-3-5-11(15)8-10/h3-9H,1-2H3,(H,16,18)(H,17,19,20). The second-order valence-electron chi connectivity index (χ2n) is 4.57. The van der Waals surface area contributed by atoms with Crippen LogP contribution in [0, 0.1) is 0 Å². The molecule has 0 aliphatic carbocycles. The fraction of sp³-hybridized carbons (Fsp3) is 0.214. The van der Waals surface area contributed by atoms with Crippen molar-refractivity contribution < 1.29 is 4.79 Å². The first-order valence-corrected chi connectivity index (χ1v) is 7.01. The number of amides is 1. The zero-order chi connectivity index (χ0) is 14.5. The second kappa shape index (κ2) is 6.47. The molecule has 0 aliphatic rings. The van der Waals surface area contributed by atoms with E-state index < -0.39 is 0 Å². The maximum Gasteiger partial charge on any atom is 0.256 e. The predicted octanol–water partition coefficient (Wildman–Crippen LogP) is 3.31. The van der Waals surface area contributed by atoms with E-state index in [9.17, 15) is 4.79 Å². The minimum absolute atomic E-state index is 0.217. The summed E-state index contributed by atoms with van der Waals surface area (Å²) < 4.78 is 0.854. The molecule has 0 unspecified atom stereocenters. The van der Waals surface area contributed by atoms with Crippen molar-refractivity contribution in [3.8, 4) is 0 Å². The Morgan fingerprint density at radius 1 is 1.15 bits per heavy atom. The average Bonchev–Trinajstić information content (AvgIpc) is 2.40. The smallest absolute Gasteiger partial charge is 0.256 e. The number of carbonyl (C=O) groups excluding carboxylic acids is 1. The minimum Gasteiger partial charge on any atom is -0.366 e. The van der Waals surface area contributed by atoms with Gasteiger partial charge in [0, 0.05) is 16.1 Å². The third-order valence-corrected chi connectivity index (χ3v) is 2.92. The Balaban J connectivity index is 2.04. The first kappa shape index (κ1) is 14.5. The van der Waals surface area contributed by atoms with E-state index in [1.54, 1.807) is 30.3 Å². The van der Waals surface area contributed by atoms with Crippen LogP contribution in [-0.2, 0) is 0 Å². The van der Waals surface area contributed by atoms with Gasteiger partial charge in [-0.15, -0.1) is 10.2 Å². The quantitative estimate of drug-likeness (QED) is 0.900. The highest BCUT2D eigenvalue weighted by atomic mass is 79.9. The lowest BCUT2D eigenvalue weighted by atomic mass is 10.2. The molecule has 0 radical (unpaired) electrons. The van der Waals surface area contributed by atoms with Gasteiger partial charge in [0.25, 0.3) is 5.91 Å². The molecule has 0 bridgehead atoms. The molecule has 5 nitrogen and oxygen atoms in total. The maximum absolute atomic E-state index is 12.0. The number of nitrogens with one attached hydrogen (secondary N) is 2. The Hall–Kier alpha value is -1.95. The number of benzene rings is 1. The topological polar surface area (TPSA) is 66.9 Å². The molecule has 20 heavy (non-hydrogen) atoms. The number of halogens is 1. The highest BCUT2D eigenvalue weighted by Crippen LogP contribution is 2.13. The number of anilines is 2. The molecule has 1 heterocycles. The maximum atomic E-state index is 12.0. The van der Waals surface area contributed by atoms with Crippen LogP contribution >= 0.6 is 15.9 Å². The van der Waals surface area contributed by atoms with Gasteiger partial charge in [-0.2, -0.15) is 0 Å². The van der Waals surface area contributed by atoms with Crippen molar-refractivity contribution in [3.05, 3.63) is 46.4 Å². The van der Waals surface area contributed by atoms with Crippen LogP contribution in [0.5, 0.6) is 0 Å². The van der Waals surface area contributed by atoms with Gasteiger partial charge in [-0.1, -0.05) is 22.0 Å². The molecule has 1 aromatic carbocycles. The lowest BCUT2D eigenvalue weighted by Crippen LogP contribution is -2.15. The van der Waals surface area contributed by atoms with Crippen molar-refractivity contribution >= 4 is 33.5 Å². The van der Waals surface area contributed by atoms with Crippen LogP contribution in [0.4, 0.5) is 11.6 Å². The minimum atomic E-state index is -0.217. The van der Waals surface area contributed by atoms with Gasteiger partial charge >= 0.3 is 0 Å². The molecule has 2 aromatic rings. The second-order valence-corrected chi connectivity index (χ2v) is 5.48. The number of rotatable bonds is 4. The average molecular weight is 335 g/mol. The molecule has 2 rings (SSSR count). The van der Waals surface area contributed by atoms with Crippen molar-refractivity contribution in [2.24, 2.45) is 0 Å². The summed E-state index contributed by atoms with van der Waals surface area (Å²) in [6.07, 6.45) is 0. The molecule has 0 saturated heterocycles. The first-order chi connectivity index (χ1) is 9.54. The number of hydrogen-bond donors (Lipinski definition) is 2. The van der Waals surface area contributed by atoms with Crippen LogP contribution in [0.15, 0.2) is 40.9 Å². The molecule has 0 fully saturated rings. The van der Waals surface area contributed by atoms with E-state index in [4.69, 9.17) is 0 Å². The van der Waals surface area contributed by atoms with Crippen molar-refractivity contribution in [2.75, 3.05) is 10.6 Å². The number of aromatic nitrogens is 2. The molecule has 2 N–H and O–H groups in total. The van der Waals surface area contributed by atoms with Gasteiger partial charge in [-0.25, -0.2) is 0 Å². The summed E-state index contributed by atoms with van der Waals surface area (Å²) in [4.78, 5) is 12.0. The van der Waals surface area contributed by atoms with Crippen molar-refractivity contribution in [3.63, 3.8) is 0 Å². The van der Waals surface area contributed by atoms with Crippen molar-refractivity contribution in [2.45, 2.75) is 19.9 Å². The van der Waals surface area contributed by atoms with Crippen molar-refractivity contribution in [1.29, 1.82) is 0 Å². The highest BCUT2D eigenvalue weighted by Gasteiger charge is 2.07. The molecular formula is C14H15BrN4O. The number of nitrogens with zero attached hydrogens (tertiary/aromatic N) is 2. The van der Waals surface area contributed by atoms with Crippen LogP contribution in [0.2, 0.25) is 0 Å². The van der Waals surface area contributed by atoms with Crippen LogP contribution in [-0.4, -0.2) is 22.1 Å². The molecule has 0 saturated carbocycles. The molecule has 1 amide bonds. The lowest BCUT2D eigenvalue weighted by Gasteiger charge is -2.09. The third-order valence-electron chi connectivity index (χ3n) is 2.43. The summed E-state index contributed by atoms with van der Waals surface area (Å²) in [5.41, 5.74) is 0.561. The third kappa shape index (κ3) is 4.03. The molecular weight excluding hydrogens is 320 g/mol. The van der Waals surface area contributed by atoms with Gasteiger partial charge in [0.15, 0.2) is 5.82 Å². The Bertz CT molecular complexity index is 598. The summed E-state index contributed by atoms with van der Waals surface area (Å²) >= 11 is 3.33. The molecule has 0 atom stereocenters. The molecule has 1 aromatic heterocycles. The van der Waals surface area contributed by atoms with E-state index in [1.807, 2.05) is 19.9 Å².